The van der Waals surface area contributed by atoms with Crippen molar-refractivity contribution in [1.82, 2.24) is 0 Å². The fraction of sp³-hybridized carbons (Fsp3) is 0.455. The summed E-state index contributed by atoms with van der Waals surface area (Å²) in [4.78, 5) is 2.59. The van der Waals surface area contributed by atoms with Crippen LogP contribution < -0.4 is 10.2 Å². The lowest BCUT2D eigenvalue weighted by Gasteiger charge is -2.28. The highest BCUT2D eigenvalue weighted by molar-refractivity contribution is 7.90. The zero-order chi connectivity index (χ0) is 11.6. The van der Waals surface area contributed by atoms with Crippen LogP contribution in [0.3, 0.4) is 0 Å². The summed E-state index contributed by atoms with van der Waals surface area (Å²) in [6, 6.07) is 7.24. The molecule has 0 bridgehead atoms. The first-order valence-electron chi connectivity index (χ1n) is 5.45. The number of nitrogens with zero attached hydrogens (tertiary/aromatic N) is 1. The molecule has 5 heteroatoms. The van der Waals surface area contributed by atoms with Gasteiger partial charge < -0.3 is 10.2 Å². The van der Waals surface area contributed by atoms with Crippen molar-refractivity contribution in [2.24, 2.45) is 0 Å². The van der Waals surface area contributed by atoms with Crippen molar-refractivity contribution < 1.29 is 13.7 Å². The van der Waals surface area contributed by atoms with Crippen molar-refractivity contribution in [3.05, 3.63) is 24.3 Å². The Bertz CT molecular complexity index is 465. The van der Waals surface area contributed by atoms with E-state index >= 15 is 0 Å². The van der Waals surface area contributed by atoms with Gasteiger partial charge in [0, 0.05) is 6.26 Å². The molecule has 0 amide bonds. The third kappa shape index (κ3) is 2.36. The van der Waals surface area contributed by atoms with Crippen LogP contribution in [0.1, 0.15) is 0 Å². The van der Waals surface area contributed by atoms with Gasteiger partial charge in [-0.1, -0.05) is 12.1 Å². The van der Waals surface area contributed by atoms with E-state index in [2.05, 4.69) is 10.2 Å². The van der Waals surface area contributed by atoms with Crippen molar-refractivity contribution in [3.63, 3.8) is 0 Å². The van der Waals surface area contributed by atoms with Crippen LogP contribution in [0.5, 0.6) is 0 Å². The summed E-state index contributed by atoms with van der Waals surface area (Å²) >= 11 is 0. The molecule has 4 nitrogen and oxygen atoms in total. The molecule has 0 aliphatic carbocycles. The number of sulfone groups is 1. The minimum Gasteiger partial charge on any atom is -0.359 e. The molecule has 88 valence electrons. The zero-order valence-corrected chi connectivity index (χ0v) is 10.2. The van der Waals surface area contributed by atoms with E-state index in [1.807, 2.05) is 12.1 Å². The summed E-state index contributed by atoms with van der Waals surface area (Å²) in [7, 11) is -3.13. The second-order valence-electron chi connectivity index (χ2n) is 4.09. The van der Waals surface area contributed by atoms with Crippen LogP contribution in [0.4, 0.5) is 5.69 Å². The average Bonchev–Trinajstić information content (AvgIpc) is 2.29. The standard InChI is InChI=1S/C11H16N2O2S/c1-16(14,15)11-5-3-2-4-10(11)13-8-6-12-7-9-13/h2-5,12H,6-9H2,1H3/p+1. The van der Waals surface area contributed by atoms with E-state index in [0.29, 0.717) is 4.90 Å². The Balaban J connectivity index is 2.40. The van der Waals surface area contributed by atoms with Crippen molar-refractivity contribution in [2.45, 2.75) is 4.90 Å². The van der Waals surface area contributed by atoms with Crippen molar-refractivity contribution in [3.8, 4) is 0 Å². The Morgan fingerprint density at radius 3 is 2.44 bits per heavy atom. The second-order valence-corrected chi connectivity index (χ2v) is 6.08. The van der Waals surface area contributed by atoms with Gasteiger partial charge in [0.05, 0.1) is 36.8 Å². The number of nitrogens with two attached hydrogens (primary N) is 1. The number of piperazine rings is 1. The number of rotatable bonds is 2. The Hall–Kier alpha value is -1.07. The predicted molar refractivity (Wildman–Crippen MR) is 63.4 cm³/mol. The first-order valence-corrected chi connectivity index (χ1v) is 7.34. The lowest BCUT2D eigenvalue weighted by molar-refractivity contribution is -0.655. The van der Waals surface area contributed by atoms with Gasteiger partial charge in [-0.15, -0.1) is 0 Å². The molecule has 16 heavy (non-hydrogen) atoms. The molecular weight excluding hydrogens is 224 g/mol. The number of anilines is 1. The molecule has 1 saturated heterocycles. The Morgan fingerprint density at radius 2 is 1.81 bits per heavy atom. The largest absolute Gasteiger partial charge is 0.359 e. The summed E-state index contributed by atoms with van der Waals surface area (Å²) in [5, 5.41) is 2.25. The number of quaternary nitrogens is 1. The van der Waals surface area contributed by atoms with Crippen molar-refractivity contribution >= 4 is 15.5 Å². The topological polar surface area (TPSA) is 54.0 Å². The number of para-hydroxylation sites is 1. The smallest absolute Gasteiger partial charge is 0.177 e. The summed E-state index contributed by atoms with van der Waals surface area (Å²) in [5.74, 6) is 0. The zero-order valence-electron chi connectivity index (χ0n) is 9.39. The van der Waals surface area contributed by atoms with Gasteiger partial charge in [0.25, 0.3) is 0 Å². The molecule has 1 heterocycles. The van der Waals surface area contributed by atoms with E-state index < -0.39 is 9.84 Å². The molecule has 0 radical (unpaired) electrons. The van der Waals surface area contributed by atoms with Gasteiger partial charge in [-0.25, -0.2) is 8.42 Å². The molecule has 1 aliphatic rings. The van der Waals surface area contributed by atoms with Crippen LogP contribution in [-0.4, -0.2) is 40.9 Å². The minimum absolute atomic E-state index is 0.442. The maximum absolute atomic E-state index is 11.7. The minimum atomic E-state index is -3.13. The fourth-order valence-corrected chi connectivity index (χ4v) is 2.93. The molecular formula is C11H17N2O2S+. The number of hydrogen-bond acceptors (Lipinski definition) is 3. The normalized spacial score (nSPS) is 17.4. The highest BCUT2D eigenvalue weighted by atomic mass is 32.2. The van der Waals surface area contributed by atoms with Gasteiger partial charge in [-0.2, -0.15) is 0 Å². The third-order valence-electron chi connectivity index (χ3n) is 2.81. The number of hydrogen-bond donors (Lipinski definition) is 1. The average molecular weight is 241 g/mol. The Morgan fingerprint density at radius 1 is 1.19 bits per heavy atom. The van der Waals surface area contributed by atoms with E-state index in [0.717, 1.165) is 31.9 Å². The highest BCUT2D eigenvalue weighted by Gasteiger charge is 2.19. The van der Waals surface area contributed by atoms with E-state index in [4.69, 9.17) is 0 Å². The van der Waals surface area contributed by atoms with E-state index in [9.17, 15) is 8.42 Å². The molecule has 1 aliphatic heterocycles. The highest BCUT2D eigenvalue weighted by Crippen LogP contribution is 2.24. The summed E-state index contributed by atoms with van der Waals surface area (Å²) in [6.07, 6.45) is 1.27. The van der Waals surface area contributed by atoms with Crippen LogP contribution in [0, 0.1) is 0 Å². The first kappa shape index (κ1) is 11.4. The molecule has 0 atom stereocenters. The third-order valence-corrected chi connectivity index (χ3v) is 3.96. The van der Waals surface area contributed by atoms with E-state index in [-0.39, 0.29) is 0 Å². The molecule has 0 unspecified atom stereocenters. The molecule has 1 aromatic carbocycles. The van der Waals surface area contributed by atoms with Crippen LogP contribution in [-0.2, 0) is 9.84 Å². The second kappa shape index (κ2) is 4.43. The summed E-state index contributed by atoms with van der Waals surface area (Å²) < 4.78 is 23.3. The molecule has 1 fully saturated rings. The molecule has 0 spiro atoms. The first-order chi connectivity index (χ1) is 7.59. The SMILES string of the molecule is CS(=O)(=O)c1ccccc1N1CC[NH2+]CC1. The molecule has 2 N–H and O–H groups in total. The van der Waals surface area contributed by atoms with E-state index in [1.165, 1.54) is 6.26 Å². The maximum Gasteiger partial charge on any atom is 0.177 e. The van der Waals surface area contributed by atoms with Gasteiger partial charge in [0.1, 0.15) is 0 Å². The Labute approximate surface area is 96.2 Å². The lowest BCUT2D eigenvalue weighted by Crippen LogP contribution is -2.89. The molecule has 0 aromatic heterocycles. The monoisotopic (exact) mass is 241 g/mol. The van der Waals surface area contributed by atoms with Crippen LogP contribution in [0.2, 0.25) is 0 Å². The van der Waals surface area contributed by atoms with E-state index in [1.54, 1.807) is 12.1 Å². The van der Waals surface area contributed by atoms with Crippen molar-refractivity contribution in [1.29, 1.82) is 0 Å². The van der Waals surface area contributed by atoms with Crippen LogP contribution in [0.15, 0.2) is 29.2 Å². The molecule has 2 rings (SSSR count). The fourth-order valence-electron chi connectivity index (χ4n) is 2.02. The van der Waals surface area contributed by atoms with Crippen LogP contribution >= 0.6 is 0 Å². The quantitative estimate of drug-likeness (QED) is 0.757. The summed E-state index contributed by atoms with van der Waals surface area (Å²) in [6.45, 7) is 3.87. The van der Waals surface area contributed by atoms with Gasteiger partial charge in [0.2, 0.25) is 0 Å². The number of benzene rings is 1. The lowest BCUT2D eigenvalue weighted by atomic mass is 10.2. The molecule has 1 aromatic rings. The summed E-state index contributed by atoms with van der Waals surface area (Å²) in [5.41, 5.74) is 0.845. The molecule has 0 saturated carbocycles. The van der Waals surface area contributed by atoms with Gasteiger partial charge in [-0.3, -0.25) is 0 Å². The van der Waals surface area contributed by atoms with Gasteiger partial charge in [-0.05, 0) is 12.1 Å². The van der Waals surface area contributed by atoms with Gasteiger partial charge >= 0.3 is 0 Å². The maximum atomic E-state index is 11.7. The van der Waals surface area contributed by atoms with Gasteiger partial charge in [0.15, 0.2) is 9.84 Å². The predicted octanol–water partition coefficient (Wildman–Crippen LogP) is -0.526. The van der Waals surface area contributed by atoms with Crippen molar-refractivity contribution in [2.75, 3.05) is 37.3 Å². The van der Waals surface area contributed by atoms with Crippen LogP contribution in [0.25, 0.3) is 0 Å². The Kier molecular flexibility index (Phi) is 3.16.